The third-order valence-electron chi connectivity index (χ3n) is 2.99. The molecule has 2 aromatic rings. The molecule has 2 rings (SSSR count). The standard InChI is InChI=1S/C15H20N4O2/c1-3-11(2)21-14-6-4-5-13(7-14)18-15(20)10-19-9-12(16)8-17-19/h4-9,11H,3,10,16H2,1-2H3,(H,18,20). The number of carbonyl (C=O) groups is 1. The van der Waals surface area contributed by atoms with E-state index in [9.17, 15) is 4.79 Å². The number of nitrogens with one attached hydrogen (secondary N) is 1. The molecule has 1 aromatic heterocycles. The number of nitrogens with zero attached hydrogens (tertiary/aromatic N) is 2. The van der Waals surface area contributed by atoms with Gasteiger partial charge in [-0.05, 0) is 25.5 Å². The number of anilines is 2. The Morgan fingerprint density at radius 1 is 1.52 bits per heavy atom. The molecule has 1 aromatic carbocycles. The minimum Gasteiger partial charge on any atom is -0.491 e. The Bertz CT molecular complexity index is 609. The summed E-state index contributed by atoms with van der Waals surface area (Å²) in [5.74, 6) is 0.573. The van der Waals surface area contributed by atoms with E-state index < -0.39 is 0 Å². The van der Waals surface area contributed by atoms with Gasteiger partial charge >= 0.3 is 0 Å². The van der Waals surface area contributed by atoms with Gasteiger partial charge in [0.25, 0.3) is 0 Å². The average Bonchev–Trinajstić information content (AvgIpc) is 2.84. The van der Waals surface area contributed by atoms with Crippen molar-refractivity contribution in [2.45, 2.75) is 32.9 Å². The molecule has 6 nitrogen and oxygen atoms in total. The minimum atomic E-state index is -0.168. The summed E-state index contributed by atoms with van der Waals surface area (Å²) in [4.78, 5) is 11.9. The summed E-state index contributed by atoms with van der Waals surface area (Å²) in [5.41, 5.74) is 6.78. The Balaban J connectivity index is 1.95. The van der Waals surface area contributed by atoms with Crippen LogP contribution in [0, 0.1) is 0 Å². The molecule has 0 radical (unpaired) electrons. The molecule has 21 heavy (non-hydrogen) atoms. The van der Waals surface area contributed by atoms with Crippen LogP contribution in [0.1, 0.15) is 20.3 Å². The Morgan fingerprint density at radius 2 is 2.33 bits per heavy atom. The number of nitrogen functional groups attached to an aromatic ring is 1. The number of ether oxygens (including phenoxy) is 1. The second-order valence-corrected chi connectivity index (χ2v) is 4.88. The fourth-order valence-corrected chi connectivity index (χ4v) is 1.78. The van der Waals surface area contributed by atoms with Gasteiger partial charge in [0.15, 0.2) is 0 Å². The molecule has 1 atom stereocenters. The molecule has 0 aliphatic heterocycles. The molecule has 0 spiro atoms. The van der Waals surface area contributed by atoms with Crippen LogP contribution in [-0.4, -0.2) is 21.8 Å². The normalized spacial score (nSPS) is 11.9. The molecule has 1 amide bonds. The van der Waals surface area contributed by atoms with Crippen molar-refractivity contribution in [1.29, 1.82) is 0 Å². The number of amides is 1. The molecule has 1 heterocycles. The summed E-state index contributed by atoms with van der Waals surface area (Å²) < 4.78 is 7.21. The largest absolute Gasteiger partial charge is 0.491 e. The van der Waals surface area contributed by atoms with Gasteiger partial charge in [-0.1, -0.05) is 13.0 Å². The van der Waals surface area contributed by atoms with Crippen LogP contribution in [0.5, 0.6) is 5.75 Å². The first kappa shape index (κ1) is 14.9. The van der Waals surface area contributed by atoms with Crippen LogP contribution in [0.15, 0.2) is 36.7 Å². The van der Waals surface area contributed by atoms with Crippen molar-refractivity contribution in [1.82, 2.24) is 9.78 Å². The van der Waals surface area contributed by atoms with Gasteiger partial charge in [-0.2, -0.15) is 5.10 Å². The molecule has 112 valence electrons. The number of nitrogens with two attached hydrogens (primary N) is 1. The summed E-state index contributed by atoms with van der Waals surface area (Å²) in [7, 11) is 0. The third kappa shape index (κ3) is 4.52. The fourth-order valence-electron chi connectivity index (χ4n) is 1.78. The zero-order chi connectivity index (χ0) is 15.2. The Labute approximate surface area is 123 Å². The Kier molecular flexibility index (Phi) is 4.81. The number of carbonyl (C=O) groups excluding carboxylic acids is 1. The van der Waals surface area contributed by atoms with E-state index in [1.807, 2.05) is 31.2 Å². The number of benzene rings is 1. The van der Waals surface area contributed by atoms with Gasteiger partial charge in [0.2, 0.25) is 5.91 Å². The number of rotatable bonds is 6. The predicted octanol–water partition coefficient (Wildman–Crippen LogP) is 2.28. The lowest BCUT2D eigenvalue weighted by atomic mass is 10.2. The summed E-state index contributed by atoms with van der Waals surface area (Å²) in [6, 6.07) is 7.34. The Morgan fingerprint density at radius 3 is 3.00 bits per heavy atom. The maximum absolute atomic E-state index is 11.9. The van der Waals surface area contributed by atoms with Gasteiger partial charge in [-0.15, -0.1) is 0 Å². The highest BCUT2D eigenvalue weighted by molar-refractivity contribution is 5.90. The lowest BCUT2D eigenvalue weighted by molar-refractivity contribution is -0.116. The van der Waals surface area contributed by atoms with Crippen LogP contribution in [0.4, 0.5) is 11.4 Å². The molecule has 0 fully saturated rings. The van der Waals surface area contributed by atoms with Gasteiger partial charge in [0.05, 0.1) is 18.0 Å². The zero-order valence-corrected chi connectivity index (χ0v) is 12.2. The summed E-state index contributed by atoms with van der Waals surface area (Å²) in [6.07, 6.45) is 4.19. The van der Waals surface area contributed by atoms with Crippen molar-refractivity contribution in [3.05, 3.63) is 36.7 Å². The maximum Gasteiger partial charge on any atom is 0.246 e. The van der Waals surface area contributed by atoms with Crippen LogP contribution in [0.2, 0.25) is 0 Å². The van der Waals surface area contributed by atoms with E-state index in [2.05, 4.69) is 17.3 Å². The summed E-state index contributed by atoms with van der Waals surface area (Å²) >= 11 is 0. The van der Waals surface area contributed by atoms with Crippen molar-refractivity contribution in [2.24, 2.45) is 0 Å². The second kappa shape index (κ2) is 6.78. The van der Waals surface area contributed by atoms with Crippen molar-refractivity contribution in [3.8, 4) is 5.75 Å². The molecule has 0 bridgehead atoms. The SMILES string of the molecule is CCC(C)Oc1cccc(NC(=O)Cn2cc(N)cn2)c1. The molecule has 0 aliphatic carbocycles. The Hall–Kier alpha value is -2.50. The van der Waals surface area contributed by atoms with Crippen LogP contribution in [0.25, 0.3) is 0 Å². The number of hydrogen-bond acceptors (Lipinski definition) is 4. The van der Waals surface area contributed by atoms with E-state index in [4.69, 9.17) is 10.5 Å². The highest BCUT2D eigenvalue weighted by Crippen LogP contribution is 2.19. The third-order valence-corrected chi connectivity index (χ3v) is 2.99. The minimum absolute atomic E-state index is 0.119. The van der Waals surface area contributed by atoms with E-state index in [0.717, 1.165) is 12.2 Å². The van der Waals surface area contributed by atoms with E-state index >= 15 is 0 Å². The van der Waals surface area contributed by atoms with Crippen LogP contribution < -0.4 is 15.8 Å². The molecule has 6 heteroatoms. The van der Waals surface area contributed by atoms with E-state index in [0.29, 0.717) is 11.4 Å². The van der Waals surface area contributed by atoms with Gasteiger partial charge < -0.3 is 15.8 Å². The average molecular weight is 288 g/mol. The van der Waals surface area contributed by atoms with Gasteiger partial charge in [0, 0.05) is 18.0 Å². The van der Waals surface area contributed by atoms with Crippen molar-refractivity contribution in [2.75, 3.05) is 11.1 Å². The molecule has 0 saturated heterocycles. The van der Waals surface area contributed by atoms with Crippen molar-refractivity contribution < 1.29 is 9.53 Å². The highest BCUT2D eigenvalue weighted by Gasteiger charge is 2.06. The lowest BCUT2D eigenvalue weighted by Gasteiger charge is -2.13. The number of hydrogen-bond donors (Lipinski definition) is 2. The molecule has 0 saturated carbocycles. The van der Waals surface area contributed by atoms with Crippen LogP contribution in [0.3, 0.4) is 0 Å². The van der Waals surface area contributed by atoms with E-state index in [1.165, 1.54) is 10.9 Å². The summed E-state index contributed by atoms with van der Waals surface area (Å²) in [5, 5.41) is 6.78. The highest BCUT2D eigenvalue weighted by atomic mass is 16.5. The second-order valence-electron chi connectivity index (χ2n) is 4.88. The van der Waals surface area contributed by atoms with E-state index in [1.54, 1.807) is 6.20 Å². The zero-order valence-electron chi connectivity index (χ0n) is 12.2. The first-order chi connectivity index (χ1) is 10.1. The topological polar surface area (TPSA) is 82.2 Å². The smallest absolute Gasteiger partial charge is 0.246 e. The molecule has 3 N–H and O–H groups in total. The van der Waals surface area contributed by atoms with Crippen molar-refractivity contribution in [3.63, 3.8) is 0 Å². The quantitative estimate of drug-likeness (QED) is 0.854. The molecular formula is C15H20N4O2. The molecular weight excluding hydrogens is 268 g/mol. The molecule has 1 unspecified atom stereocenters. The van der Waals surface area contributed by atoms with Crippen molar-refractivity contribution >= 4 is 17.3 Å². The predicted molar refractivity (Wildman–Crippen MR) is 82.1 cm³/mol. The lowest BCUT2D eigenvalue weighted by Crippen LogP contribution is -2.19. The van der Waals surface area contributed by atoms with E-state index in [-0.39, 0.29) is 18.6 Å². The first-order valence-electron chi connectivity index (χ1n) is 6.91. The van der Waals surface area contributed by atoms with Gasteiger partial charge in [-0.25, -0.2) is 0 Å². The number of aromatic nitrogens is 2. The van der Waals surface area contributed by atoms with Gasteiger partial charge in [-0.3, -0.25) is 9.48 Å². The first-order valence-corrected chi connectivity index (χ1v) is 6.91. The maximum atomic E-state index is 11.9. The van der Waals surface area contributed by atoms with Crippen LogP contribution >= 0.6 is 0 Å². The fraction of sp³-hybridized carbons (Fsp3) is 0.333. The molecule has 0 aliphatic rings. The monoisotopic (exact) mass is 288 g/mol. The van der Waals surface area contributed by atoms with Gasteiger partial charge in [0.1, 0.15) is 12.3 Å². The summed E-state index contributed by atoms with van der Waals surface area (Å²) in [6.45, 7) is 4.19. The van der Waals surface area contributed by atoms with Crippen LogP contribution in [-0.2, 0) is 11.3 Å².